The third kappa shape index (κ3) is 5.05. The molecule has 3 nitrogen and oxygen atoms in total. The Hall–Kier alpha value is -2.60. The number of carbonyl (C=O) groups is 1. The number of allylic oxidation sites excluding steroid dienone is 4. The lowest BCUT2D eigenvalue weighted by molar-refractivity contribution is -0.133. The second kappa shape index (κ2) is 7.67. The van der Waals surface area contributed by atoms with E-state index < -0.39 is 5.97 Å². The van der Waals surface area contributed by atoms with Crippen LogP contribution in [0.25, 0.3) is 6.08 Å². The Kier molecular flexibility index (Phi) is 5.84. The van der Waals surface area contributed by atoms with Crippen molar-refractivity contribution in [3.05, 3.63) is 65.8 Å². The summed E-state index contributed by atoms with van der Waals surface area (Å²) >= 11 is 0. The van der Waals surface area contributed by atoms with E-state index in [0.29, 0.717) is 0 Å². The van der Waals surface area contributed by atoms with Gasteiger partial charge in [-0.05, 0) is 5.56 Å². The molecule has 0 aromatic heterocycles. The van der Waals surface area contributed by atoms with Crippen molar-refractivity contribution in [3.63, 3.8) is 0 Å². The molecule has 0 heterocycles. The SMILES string of the molecule is CC(C=CC#N)C(=CC=Cc1ccccc1)C(=O)O. The first-order valence-electron chi connectivity index (χ1n) is 5.88. The fraction of sp³-hybridized carbons (Fsp3) is 0.125. The van der Waals surface area contributed by atoms with E-state index in [2.05, 4.69) is 0 Å². The van der Waals surface area contributed by atoms with Crippen molar-refractivity contribution in [2.24, 2.45) is 5.92 Å². The van der Waals surface area contributed by atoms with Gasteiger partial charge in [-0.15, -0.1) is 0 Å². The van der Waals surface area contributed by atoms with Gasteiger partial charge in [0.2, 0.25) is 0 Å². The van der Waals surface area contributed by atoms with Crippen molar-refractivity contribution in [2.75, 3.05) is 0 Å². The fourth-order valence-electron chi connectivity index (χ4n) is 1.54. The number of rotatable bonds is 5. The Balaban J connectivity index is 2.86. The van der Waals surface area contributed by atoms with E-state index in [1.54, 1.807) is 25.2 Å². The van der Waals surface area contributed by atoms with Crippen molar-refractivity contribution < 1.29 is 9.90 Å². The molecule has 0 aliphatic rings. The summed E-state index contributed by atoms with van der Waals surface area (Å²) in [6.45, 7) is 1.74. The summed E-state index contributed by atoms with van der Waals surface area (Å²) in [5.41, 5.74) is 1.25. The highest BCUT2D eigenvalue weighted by Gasteiger charge is 2.12. The molecule has 1 unspecified atom stereocenters. The number of nitriles is 1. The van der Waals surface area contributed by atoms with Crippen LogP contribution in [0.5, 0.6) is 0 Å². The Morgan fingerprint density at radius 3 is 2.63 bits per heavy atom. The van der Waals surface area contributed by atoms with Gasteiger partial charge in [-0.2, -0.15) is 5.26 Å². The molecule has 0 saturated carbocycles. The van der Waals surface area contributed by atoms with Crippen LogP contribution in [0.2, 0.25) is 0 Å². The predicted molar refractivity (Wildman–Crippen MR) is 75.1 cm³/mol. The van der Waals surface area contributed by atoms with Crippen LogP contribution in [0.15, 0.2) is 60.2 Å². The van der Waals surface area contributed by atoms with Crippen LogP contribution < -0.4 is 0 Å². The molecule has 96 valence electrons. The maximum atomic E-state index is 11.1. The molecule has 19 heavy (non-hydrogen) atoms. The maximum absolute atomic E-state index is 11.1. The first-order valence-corrected chi connectivity index (χ1v) is 5.88. The van der Waals surface area contributed by atoms with E-state index in [1.807, 2.05) is 42.5 Å². The lowest BCUT2D eigenvalue weighted by atomic mass is 10.00. The average Bonchev–Trinajstić information content (AvgIpc) is 2.41. The van der Waals surface area contributed by atoms with Gasteiger partial charge in [-0.1, -0.05) is 61.6 Å². The monoisotopic (exact) mass is 253 g/mol. The first kappa shape index (κ1) is 14.5. The molecular formula is C16H15NO2. The molecule has 0 amide bonds. The highest BCUT2D eigenvalue weighted by molar-refractivity contribution is 5.88. The van der Waals surface area contributed by atoms with Crippen LogP contribution in [0.4, 0.5) is 0 Å². The number of aliphatic carboxylic acids is 1. The zero-order valence-corrected chi connectivity index (χ0v) is 10.7. The second-order valence-corrected chi connectivity index (χ2v) is 3.97. The molecule has 0 saturated heterocycles. The van der Waals surface area contributed by atoms with Crippen LogP contribution in [-0.2, 0) is 4.79 Å². The average molecular weight is 253 g/mol. The van der Waals surface area contributed by atoms with Gasteiger partial charge in [-0.25, -0.2) is 4.79 Å². The Labute approximate surface area is 112 Å². The molecule has 0 spiro atoms. The topological polar surface area (TPSA) is 61.1 Å². The van der Waals surface area contributed by atoms with Gasteiger partial charge >= 0.3 is 5.97 Å². The molecule has 3 heteroatoms. The quantitative estimate of drug-likeness (QED) is 0.497. The fourth-order valence-corrected chi connectivity index (χ4v) is 1.54. The largest absolute Gasteiger partial charge is 0.478 e. The molecule has 0 aliphatic heterocycles. The predicted octanol–water partition coefficient (Wildman–Crippen LogP) is 3.43. The van der Waals surface area contributed by atoms with Gasteiger partial charge in [0.25, 0.3) is 0 Å². The molecule has 1 aromatic rings. The number of hydrogen-bond acceptors (Lipinski definition) is 2. The van der Waals surface area contributed by atoms with Crippen LogP contribution in [0.3, 0.4) is 0 Å². The summed E-state index contributed by atoms with van der Waals surface area (Å²) in [6, 6.07) is 11.5. The highest BCUT2D eigenvalue weighted by Crippen LogP contribution is 2.13. The summed E-state index contributed by atoms with van der Waals surface area (Å²) in [5.74, 6) is -1.29. The normalized spacial score (nSPS) is 13.6. The van der Waals surface area contributed by atoms with Crippen molar-refractivity contribution in [1.29, 1.82) is 5.26 Å². The van der Waals surface area contributed by atoms with Gasteiger partial charge in [0.05, 0.1) is 6.07 Å². The molecule has 0 radical (unpaired) electrons. The molecule has 0 fully saturated rings. The second-order valence-electron chi connectivity index (χ2n) is 3.97. The van der Waals surface area contributed by atoms with Crippen molar-refractivity contribution in [3.8, 4) is 6.07 Å². The summed E-state index contributed by atoms with van der Waals surface area (Å²) in [4.78, 5) is 11.1. The first-order chi connectivity index (χ1) is 9.15. The highest BCUT2D eigenvalue weighted by atomic mass is 16.4. The molecule has 0 bridgehead atoms. The van der Waals surface area contributed by atoms with Gasteiger partial charge in [0.1, 0.15) is 0 Å². The standard InChI is InChI=1S/C16H15NO2/c1-13(7-6-12-17)15(16(18)19)11-5-10-14-8-3-2-4-9-14/h2-11,13H,1H3,(H,18,19). The number of nitrogens with zero attached hydrogens (tertiary/aromatic N) is 1. The number of benzene rings is 1. The zero-order chi connectivity index (χ0) is 14.1. The van der Waals surface area contributed by atoms with Gasteiger partial charge < -0.3 is 5.11 Å². The molecule has 1 N–H and O–H groups in total. The van der Waals surface area contributed by atoms with Crippen molar-refractivity contribution >= 4 is 12.0 Å². The molecule has 1 aromatic carbocycles. The number of hydrogen-bond donors (Lipinski definition) is 1. The molecule has 0 aliphatic carbocycles. The third-order valence-corrected chi connectivity index (χ3v) is 2.56. The van der Waals surface area contributed by atoms with E-state index in [4.69, 9.17) is 10.4 Å². The summed E-state index contributed by atoms with van der Waals surface area (Å²) in [7, 11) is 0. The van der Waals surface area contributed by atoms with Crippen molar-refractivity contribution in [2.45, 2.75) is 6.92 Å². The van der Waals surface area contributed by atoms with E-state index >= 15 is 0 Å². The lowest BCUT2D eigenvalue weighted by Crippen LogP contribution is -2.07. The molecule has 1 rings (SSSR count). The smallest absolute Gasteiger partial charge is 0.332 e. The van der Waals surface area contributed by atoms with Gasteiger partial charge in [0.15, 0.2) is 0 Å². The van der Waals surface area contributed by atoms with Crippen molar-refractivity contribution in [1.82, 2.24) is 0 Å². The maximum Gasteiger partial charge on any atom is 0.332 e. The van der Waals surface area contributed by atoms with Crippen LogP contribution in [0.1, 0.15) is 12.5 Å². The minimum atomic E-state index is -0.979. The third-order valence-electron chi connectivity index (χ3n) is 2.56. The summed E-state index contributed by atoms with van der Waals surface area (Å²) in [6.07, 6.45) is 7.96. The lowest BCUT2D eigenvalue weighted by Gasteiger charge is -2.05. The minimum Gasteiger partial charge on any atom is -0.478 e. The van der Waals surface area contributed by atoms with Gasteiger partial charge in [0, 0.05) is 17.6 Å². The van der Waals surface area contributed by atoms with Crippen LogP contribution in [0, 0.1) is 17.2 Å². The van der Waals surface area contributed by atoms with Crippen LogP contribution in [-0.4, -0.2) is 11.1 Å². The van der Waals surface area contributed by atoms with E-state index in [9.17, 15) is 4.79 Å². The van der Waals surface area contributed by atoms with E-state index in [0.717, 1.165) is 5.56 Å². The Morgan fingerprint density at radius 1 is 1.37 bits per heavy atom. The molecular weight excluding hydrogens is 238 g/mol. The zero-order valence-electron chi connectivity index (χ0n) is 10.7. The van der Waals surface area contributed by atoms with Crippen LogP contribution >= 0.6 is 0 Å². The Bertz CT molecular complexity index is 548. The number of carboxylic acid groups (broad SMARTS) is 1. The minimum absolute atomic E-state index is 0.249. The molecule has 1 atom stereocenters. The summed E-state index contributed by atoms with van der Waals surface area (Å²) < 4.78 is 0. The van der Waals surface area contributed by atoms with Gasteiger partial charge in [-0.3, -0.25) is 0 Å². The van der Waals surface area contributed by atoms with E-state index in [1.165, 1.54) is 6.08 Å². The summed E-state index contributed by atoms with van der Waals surface area (Å²) in [5, 5.41) is 17.6. The number of carboxylic acids is 1. The Morgan fingerprint density at radius 2 is 2.05 bits per heavy atom. The van der Waals surface area contributed by atoms with E-state index in [-0.39, 0.29) is 11.5 Å².